The zero-order chi connectivity index (χ0) is 24.9. The van der Waals surface area contributed by atoms with E-state index in [1.54, 1.807) is 29.8 Å². The monoisotopic (exact) mass is 481 g/mol. The predicted molar refractivity (Wildman–Crippen MR) is 125 cm³/mol. The lowest BCUT2D eigenvalue weighted by Gasteiger charge is -2.37. The number of hydrogen-bond donors (Lipinski definition) is 2. The van der Waals surface area contributed by atoms with Gasteiger partial charge in [0.2, 0.25) is 15.9 Å². The fourth-order valence-electron chi connectivity index (χ4n) is 3.47. The van der Waals surface area contributed by atoms with Crippen molar-refractivity contribution in [1.82, 2.24) is 14.1 Å². The number of nitrogens with zero attached hydrogens (tertiary/aromatic N) is 3. The van der Waals surface area contributed by atoms with Gasteiger partial charge in [-0.3, -0.25) is 4.79 Å². The average molecular weight is 482 g/mol. The number of likely N-dealkylation sites (N-methyl/N-ethyl adjacent to an activating group) is 2. The molecule has 0 saturated carbocycles. The summed E-state index contributed by atoms with van der Waals surface area (Å²) >= 11 is 0. The van der Waals surface area contributed by atoms with Crippen molar-refractivity contribution in [1.29, 1.82) is 0 Å². The first-order valence-corrected chi connectivity index (χ1v) is 12.3. The second-order valence-corrected chi connectivity index (χ2v) is 10.7. The summed E-state index contributed by atoms with van der Waals surface area (Å²) in [5, 5.41) is 19.2. The lowest BCUT2D eigenvalue weighted by atomic mass is 10.0. The van der Waals surface area contributed by atoms with Crippen LogP contribution in [0.2, 0.25) is 0 Å². The summed E-state index contributed by atoms with van der Waals surface area (Å²) in [7, 11) is 1.36. The van der Waals surface area contributed by atoms with Crippen molar-refractivity contribution in [3.8, 4) is 17.6 Å². The lowest BCUT2D eigenvalue weighted by molar-refractivity contribution is -0.132. The van der Waals surface area contributed by atoms with E-state index in [0.29, 0.717) is 5.56 Å². The van der Waals surface area contributed by atoms with E-state index in [-0.39, 0.29) is 48.7 Å². The van der Waals surface area contributed by atoms with Crippen LogP contribution in [0.1, 0.15) is 26.3 Å². The SMILES string of the molecule is C[C@H](O)C#Cc1ccc2c(c1)O[C@H](CN(C)C(=O)CN(C)C)[C@@H](C)CN([C@@H](C)CO)S2(=O)=O. The molecule has 0 saturated heterocycles. The number of rotatable bonds is 6. The average Bonchev–Trinajstić information content (AvgIpc) is 2.73. The molecule has 184 valence electrons. The molecule has 1 heterocycles. The second-order valence-electron chi connectivity index (χ2n) is 8.86. The van der Waals surface area contributed by atoms with Gasteiger partial charge in [0.25, 0.3) is 0 Å². The number of benzene rings is 1. The molecule has 10 heteroatoms. The van der Waals surface area contributed by atoms with Crippen molar-refractivity contribution < 1.29 is 28.2 Å². The molecule has 1 aliphatic rings. The Morgan fingerprint density at radius 2 is 1.97 bits per heavy atom. The molecule has 0 spiro atoms. The minimum Gasteiger partial charge on any atom is -0.487 e. The maximum absolute atomic E-state index is 13.4. The molecule has 0 aromatic heterocycles. The van der Waals surface area contributed by atoms with Gasteiger partial charge in [-0.2, -0.15) is 4.31 Å². The first-order chi connectivity index (χ1) is 15.4. The summed E-state index contributed by atoms with van der Waals surface area (Å²) in [6, 6.07) is 3.90. The van der Waals surface area contributed by atoms with E-state index in [4.69, 9.17) is 4.74 Å². The van der Waals surface area contributed by atoms with Crippen LogP contribution in [0.15, 0.2) is 23.1 Å². The Morgan fingerprint density at radius 3 is 2.55 bits per heavy atom. The molecule has 1 aliphatic heterocycles. The quantitative estimate of drug-likeness (QED) is 0.559. The Hall–Kier alpha value is -2.16. The van der Waals surface area contributed by atoms with Gasteiger partial charge in [-0.15, -0.1) is 0 Å². The molecular formula is C23H35N3O6S. The second kappa shape index (κ2) is 11.3. The number of aliphatic hydroxyl groups excluding tert-OH is 2. The highest BCUT2D eigenvalue weighted by Gasteiger charge is 2.38. The third-order valence-corrected chi connectivity index (χ3v) is 7.44. The zero-order valence-electron chi connectivity index (χ0n) is 20.1. The van der Waals surface area contributed by atoms with Gasteiger partial charge >= 0.3 is 0 Å². The molecule has 0 bridgehead atoms. The van der Waals surface area contributed by atoms with Crippen LogP contribution >= 0.6 is 0 Å². The summed E-state index contributed by atoms with van der Waals surface area (Å²) in [6.45, 7) is 5.36. The third kappa shape index (κ3) is 6.91. The van der Waals surface area contributed by atoms with Crippen LogP contribution in [0, 0.1) is 17.8 Å². The molecule has 0 unspecified atom stereocenters. The number of hydrogen-bond acceptors (Lipinski definition) is 7. The molecule has 1 aromatic carbocycles. The number of ether oxygens (including phenoxy) is 1. The highest BCUT2D eigenvalue weighted by molar-refractivity contribution is 7.89. The van der Waals surface area contributed by atoms with E-state index >= 15 is 0 Å². The molecule has 4 atom stereocenters. The van der Waals surface area contributed by atoms with Gasteiger partial charge in [0.15, 0.2) is 0 Å². The standard InChI is InChI=1S/C23H35N3O6S/c1-16-12-26(17(2)15-27)33(30,31)22-10-9-19(8-7-18(3)28)11-20(22)32-21(16)13-25(6)23(29)14-24(4)5/h9-11,16-18,21,27-28H,12-15H2,1-6H3/t16-,17-,18-,21+/m0/s1. The fraction of sp³-hybridized carbons (Fsp3) is 0.609. The normalized spacial score (nSPS) is 22.1. The smallest absolute Gasteiger partial charge is 0.247 e. The molecule has 0 radical (unpaired) electrons. The largest absolute Gasteiger partial charge is 0.487 e. The molecule has 0 fully saturated rings. The van der Waals surface area contributed by atoms with Crippen molar-refractivity contribution in [2.75, 3.05) is 47.4 Å². The Morgan fingerprint density at radius 1 is 1.30 bits per heavy atom. The fourth-order valence-corrected chi connectivity index (χ4v) is 5.30. The topological polar surface area (TPSA) is 111 Å². The molecule has 1 amide bonds. The predicted octanol–water partition coefficient (Wildman–Crippen LogP) is 0.208. The highest BCUT2D eigenvalue weighted by atomic mass is 32.2. The number of aliphatic hydroxyl groups is 2. The minimum absolute atomic E-state index is 0.0235. The van der Waals surface area contributed by atoms with Gasteiger partial charge in [0.05, 0.1) is 19.7 Å². The van der Waals surface area contributed by atoms with E-state index in [1.165, 1.54) is 23.4 Å². The van der Waals surface area contributed by atoms with Crippen molar-refractivity contribution >= 4 is 15.9 Å². The molecule has 2 N–H and O–H groups in total. The molecular weight excluding hydrogens is 446 g/mol. The molecule has 9 nitrogen and oxygen atoms in total. The maximum atomic E-state index is 13.4. The van der Waals surface area contributed by atoms with E-state index in [0.717, 1.165) is 0 Å². The first-order valence-electron chi connectivity index (χ1n) is 10.9. The van der Waals surface area contributed by atoms with Gasteiger partial charge in [-0.05, 0) is 46.1 Å². The zero-order valence-corrected chi connectivity index (χ0v) is 21.0. The Balaban J connectivity index is 2.53. The van der Waals surface area contributed by atoms with Crippen LogP contribution in [0.3, 0.4) is 0 Å². The number of fused-ring (bicyclic) bond motifs is 1. The summed E-state index contributed by atoms with van der Waals surface area (Å²) in [5.41, 5.74) is 0.496. The first kappa shape index (κ1) is 27.1. The summed E-state index contributed by atoms with van der Waals surface area (Å²) in [4.78, 5) is 15.8. The van der Waals surface area contributed by atoms with Crippen LogP contribution < -0.4 is 4.74 Å². The van der Waals surface area contributed by atoms with E-state index in [1.807, 2.05) is 21.0 Å². The maximum Gasteiger partial charge on any atom is 0.247 e. The third-order valence-electron chi connectivity index (χ3n) is 5.42. The van der Waals surface area contributed by atoms with Crippen molar-refractivity contribution in [3.63, 3.8) is 0 Å². The number of carbonyl (C=O) groups excluding carboxylic acids is 1. The van der Waals surface area contributed by atoms with Crippen molar-refractivity contribution in [2.45, 2.75) is 43.9 Å². The van der Waals surface area contributed by atoms with Gasteiger partial charge in [0, 0.05) is 31.1 Å². The molecule has 33 heavy (non-hydrogen) atoms. The molecule has 1 aromatic rings. The summed E-state index contributed by atoms with van der Waals surface area (Å²) < 4.78 is 34.4. The van der Waals surface area contributed by atoms with Gasteiger partial charge < -0.3 is 24.7 Å². The Kier molecular flexibility index (Phi) is 9.29. The van der Waals surface area contributed by atoms with Crippen LogP contribution in [0.25, 0.3) is 0 Å². The van der Waals surface area contributed by atoms with Crippen LogP contribution in [-0.4, -0.2) is 104 Å². The van der Waals surface area contributed by atoms with Crippen LogP contribution in [0.4, 0.5) is 0 Å². The number of amides is 1. The van der Waals surface area contributed by atoms with Gasteiger partial charge in [-0.25, -0.2) is 8.42 Å². The Labute approximate surface area is 197 Å². The van der Waals surface area contributed by atoms with Crippen molar-refractivity contribution in [3.05, 3.63) is 23.8 Å². The van der Waals surface area contributed by atoms with Gasteiger partial charge in [0.1, 0.15) is 22.9 Å². The van der Waals surface area contributed by atoms with E-state index in [9.17, 15) is 23.4 Å². The van der Waals surface area contributed by atoms with E-state index in [2.05, 4.69) is 11.8 Å². The minimum atomic E-state index is -3.96. The summed E-state index contributed by atoms with van der Waals surface area (Å²) in [5.74, 6) is 5.23. The molecule has 0 aliphatic carbocycles. The van der Waals surface area contributed by atoms with Gasteiger partial charge in [-0.1, -0.05) is 18.8 Å². The number of sulfonamides is 1. The van der Waals surface area contributed by atoms with Crippen LogP contribution in [-0.2, 0) is 14.8 Å². The lowest BCUT2D eigenvalue weighted by Crippen LogP contribution is -2.50. The highest BCUT2D eigenvalue weighted by Crippen LogP contribution is 2.34. The molecule has 2 rings (SSSR count). The van der Waals surface area contributed by atoms with Crippen molar-refractivity contribution in [2.24, 2.45) is 5.92 Å². The van der Waals surface area contributed by atoms with E-state index < -0.39 is 28.3 Å². The Bertz CT molecular complexity index is 999. The summed E-state index contributed by atoms with van der Waals surface area (Å²) in [6.07, 6.45) is -1.33. The van der Waals surface area contributed by atoms with Crippen LogP contribution in [0.5, 0.6) is 5.75 Å². The number of carbonyl (C=O) groups is 1.